The highest BCUT2D eigenvalue weighted by molar-refractivity contribution is 5.63. The van der Waals surface area contributed by atoms with Crippen molar-refractivity contribution < 1.29 is 5.11 Å². The molecule has 3 aromatic rings. The van der Waals surface area contributed by atoms with Crippen molar-refractivity contribution in [3.05, 3.63) is 84.4 Å². The van der Waals surface area contributed by atoms with E-state index in [4.69, 9.17) is 0 Å². The molecule has 1 aromatic carbocycles. The van der Waals surface area contributed by atoms with Crippen LogP contribution in [0.1, 0.15) is 30.0 Å². The first kappa shape index (κ1) is 20.3. The molecule has 2 fully saturated rings. The third-order valence-corrected chi connectivity index (χ3v) is 6.88. The Kier molecular flexibility index (Phi) is 6.07. The highest BCUT2D eigenvalue weighted by atomic mass is 16.3. The Morgan fingerprint density at radius 2 is 1.65 bits per heavy atom. The predicted octanol–water partition coefficient (Wildman–Crippen LogP) is 3.57. The lowest BCUT2D eigenvalue weighted by Gasteiger charge is -2.57. The monoisotopic (exact) mass is 414 g/mol. The van der Waals surface area contributed by atoms with Gasteiger partial charge in [-0.15, -0.1) is 0 Å². The van der Waals surface area contributed by atoms with Gasteiger partial charge >= 0.3 is 0 Å². The van der Waals surface area contributed by atoms with Crippen molar-refractivity contribution >= 4 is 0 Å². The maximum Gasteiger partial charge on any atom is 0.0593 e. The van der Waals surface area contributed by atoms with E-state index >= 15 is 0 Å². The second kappa shape index (κ2) is 9.27. The zero-order valence-electron chi connectivity index (χ0n) is 17.8. The van der Waals surface area contributed by atoms with E-state index in [0.29, 0.717) is 12.0 Å². The van der Waals surface area contributed by atoms with Crippen LogP contribution in [0.15, 0.2) is 73.2 Å². The van der Waals surface area contributed by atoms with Gasteiger partial charge in [0.25, 0.3) is 0 Å². The number of benzene rings is 1. The summed E-state index contributed by atoms with van der Waals surface area (Å²) in [5, 5.41) is 10.2. The van der Waals surface area contributed by atoms with Gasteiger partial charge in [0.15, 0.2) is 0 Å². The van der Waals surface area contributed by atoms with Gasteiger partial charge in [-0.1, -0.05) is 30.3 Å². The number of fused-ring (bicyclic) bond motifs is 1. The summed E-state index contributed by atoms with van der Waals surface area (Å²) < 4.78 is 0. The third kappa shape index (κ3) is 4.26. The summed E-state index contributed by atoms with van der Waals surface area (Å²) in [7, 11) is 0. The van der Waals surface area contributed by atoms with Gasteiger partial charge in [-0.05, 0) is 66.9 Å². The van der Waals surface area contributed by atoms with Gasteiger partial charge in [-0.3, -0.25) is 19.8 Å². The van der Waals surface area contributed by atoms with E-state index in [9.17, 15) is 5.11 Å². The normalized spacial score (nSPS) is 24.6. The number of nitrogens with zero attached hydrogens (tertiary/aromatic N) is 4. The molecule has 5 rings (SSSR count). The van der Waals surface area contributed by atoms with E-state index in [-0.39, 0.29) is 12.6 Å². The lowest BCUT2D eigenvalue weighted by atomic mass is 9.74. The fraction of sp³-hybridized carbons (Fsp3) is 0.385. The van der Waals surface area contributed by atoms with Crippen LogP contribution in [0.4, 0.5) is 0 Å². The van der Waals surface area contributed by atoms with E-state index in [0.717, 1.165) is 31.9 Å². The minimum atomic E-state index is 0.214. The van der Waals surface area contributed by atoms with Crippen molar-refractivity contribution in [1.82, 2.24) is 19.8 Å². The van der Waals surface area contributed by atoms with Crippen molar-refractivity contribution in [3.63, 3.8) is 0 Å². The van der Waals surface area contributed by atoms with Crippen LogP contribution < -0.4 is 0 Å². The zero-order chi connectivity index (χ0) is 21.0. The number of rotatable bonds is 5. The molecule has 0 bridgehead atoms. The summed E-state index contributed by atoms with van der Waals surface area (Å²) in [6.07, 6.45) is 7.92. The Balaban J connectivity index is 1.36. The van der Waals surface area contributed by atoms with E-state index in [1.807, 2.05) is 36.8 Å². The van der Waals surface area contributed by atoms with Crippen LogP contribution in [-0.2, 0) is 6.54 Å². The quantitative estimate of drug-likeness (QED) is 0.692. The van der Waals surface area contributed by atoms with Gasteiger partial charge in [-0.2, -0.15) is 0 Å². The topological polar surface area (TPSA) is 52.5 Å². The second-order valence-corrected chi connectivity index (χ2v) is 8.70. The summed E-state index contributed by atoms with van der Waals surface area (Å²) in [5.74, 6) is 0.362. The number of hydrogen-bond acceptors (Lipinski definition) is 5. The maximum absolute atomic E-state index is 10.2. The van der Waals surface area contributed by atoms with Gasteiger partial charge in [-0.25, -0.2) is 0 Å². The lowest BCUT2D eigenvalue weighted by molar-refractivity contribution is -0.0656. The van der Waals surface area contributed by atoms with Gasteiger partial charge in [0.05, 0.1) is 12.3 Å². The van der Waals surface area contributed by atoms with Crippen LogP contribution in [0.25, 0.3) is 11.1 Å². The highest BCUT2D eigenvalue weighted by Crippen LogP contribution is 2.42. The average molecular weight is 415 g/mol. The van der Waals surface area contributed by atoms with Crippen LogP contribution in [0.3, 0.4) is 0 Å². The van der Waals surface area contributed by atoms with Crippen molar-refractivity contribution in [1.29, 1.82) is 0 Å². The van der Waals surface area contributed by atoms with Crippen LogP contribution in [0.2, 0.25) is 0 Å². The lowest BCUT2D eigenvalue weighted by Crippen LogP contribution is -2.67. The Morgan fingerprint density at radius 1 is 0.871 bits per heavy atom. The van der Waals surface area contributed by atoms with Crippen molar-refractivity contribution in [2.24, 2.45) is 0 Å². The molecular formula is C26H30N4O. The predicted molar refractivity (Wildman–Crippen MR) is 123 cm³/mol. The van der Waals surface area contributed by atoms with E-state index in [1.54, 1.807) is 0 Å². The summed E-state index contributed by atoms with van der Waals surface area (Å²) in [6.45, 7) is 4.32. The molecule has 2 saturated heterocycles. The maximum atomic E-state index is 10.2. The molecule has 160 valence electrons. The largest absolute Gasteiger partial charge is 0.395 e. The molecule has 2 aromatic heterocycles. The molecule has 5 nitrogen and oxygen atoms in total. The van der Waals surface area contributed by atoms with Gasteiger partial charge < -0.3 is 5.11 Å². The molecule has 0 aliphatic carbocycles. The van der Waals surface area contributed by atoms with Crippen molar-refractivity contribution in [2.45, 2.75) is 37.4 Å². The molecular weight excluding hydrogens is 384 g/mol. The molecule has 0 radical (unpaired) electrons. The van der Waals surface area contributed by atoms with Crippen LogP contribution in [0, 0.1) is 0 Å². The zero-order valence-corrected chi connectivity index (χ0v) is 17.8. The smallest absolute Gasteiger partial charge is 0.0593 e. The first-order chi connectivity index (χ1) is 15.3. The molecule has 31 heavy (non-hydrogen) atoms. The SMILES string of the molecule is OC[C@@H]1[C@H](c2ccc(-c3ccncc3)cc2)[C@@H]2CN(Cc3ccccn3)CCCCN12. The molecule has 0 spiro atoms. The van der Waals surface area contributed by atoms with Crippen LogP contribution in [0.5, 0.6) is 0 Å². The number of aliphatic hydroxyl groups is 1. The number of pyridine rings is 2. The Morgan fingerprint density at radius 3 is 2.39 bits per heavy atom. The number of aromatic nitrogens is 2. The highest BCUT2D eigenvalue weighted by Gasteiger charge is 2.49. The van der Waals surface area contributed by atoms with Gasteiger partial charge in [0, 0.05) is 49.7 Å². The molecule has 0 unspecified atom stereocenters. The first-order valence-electron chi connectivity index (χ1n) is 11.3. The first-order valence-corrected chi connectivity index (χ1v) is 11.3. The minimum Gasteiger partial charge on any atom is -0.395 e. The number of aliphatic hydroxyl groups excluding tert-OH is 1. The summed E-state index contributed by atoms with van der Waals surface area (Å²) in [5.41, 5.74) is 4.85. The Labute approximate surface area is 184 Å². The third-order valence-electron chi connectivity index (χ3n) is 6.88. The fourth-order valence-electron chi connectivity index (χ4n) is 5.32. The van der Waals surface area contributed by atoms with Gasteiger partial charge in [0.2, 0.25) is 0 Å². The fourth-order valence-corrected chi connectivity index (χ4v) is 5.32. The second-order valence-electron chi connectivity index (χ2n) is 8.70. The van der Waals surface area contributed by atoms with Crippen molar-refractivity contribution in [3.8, 4) is 11.1 Å². The Bertz CT molecular complexity index is 964. The van der Waals surface area contributed by atoms with E-state index in [1.165, 1.54) is 29.5 Å². The molecule has 2 aliphatic heterocycles. The summed E-state index contributed by atoms with van der Waals surface area (Å²) in [4.78, 5) is 13.7. The molecule has 5 heteroatoms. The molecule has 3 atom stereocenters. The standard InChI is InChI=1S/C26H30N4O/c31-19-25-26(22-8-6-20(7-9-22)21-10-13-27-14-11-21)24-18-29(15-3-4-16-30(24)25)17-23-5-1-2-12-28-23/h1-2,5-14,24-26,31H,3-4,15-19H2/t24-,25+,26+/m0/s1. The summed E-state index contributed by atoms with van der Waals surface area (Å²) >= 11 is 0. The molecule has 0 saturated carbocycles. The number of hydrogen-bond donors (Lipinski definition) is 1. The molecule has 4 heterocycles. The summed E-state index contributed by atoms with van der Waals surface area (Å²) in [6, 6.07) is 19.8. The van der Waals surface area contributed by atoms with E-state index in [2.05, 4.69) is 56.2 Å². The minimum absolute atomic E-state index is 0.214. The molecule has 0 amide bonds. The van der Waals surface area contributed by atoms with Crippen LogP contribution >= 0.6 is 0 Å². The average Bonchev–Trinajstić information content (AvgIpc) is 2.81. The van der Waals surface area contributed by atoms with Crippen LogP contribution in [-0.4, -0.2) is 63.2 Å². The van der Waals surface area contributed by atoms with Crippen molar-refractivity contribution in [2.75, 3.05) is 26.2 Å². The Hall–Kier alpha value is -2.60. The van der Waals surface area contributed by atoms with Gasteiger partial charge in [0.1, 0.15) is 0 Å². The van der Waals surface area contributed by atoms with E-state index < -0.39 is 0 Å². The molecule has 1 N–H and O–H groups in total. The molecule has 2 aliphatic rings.